The zero-order valence-electron chi connectivity index (χ0n) is 24.4. The molecule has 0 unspecified atom stereocenters. The number of aliphatic hydroxyl groups is 1. The van der Waals surface area contributed by atoms with Crippen LogP contribution in [0, 0.1) is 0 Å². The summed E-state index contributed by atoms with van der Waals surface area (Å²) in [4.78, 5) is 31.3. The molecule has 1 aliphatic heterocycles. The van der Waals surface area contributed by atoms with Gasteiger partial charge in [0.05, 0.1) is 19.2 Å². The molecule has 0 aliphatic carbocycles. The smallest absolute Gasteiger partial charge is 0.410 e. The van der Waals surface area contributed by atoms with Gasteiger partial charge < -0.3 is 19.6 Å². The fourth-order valence-electron chi connectivity index (χ4n) is 5.42. The molecular formula is C34H38N4O4. The van der Waals surface area contributed by atoms with Crippen LogP contribution in [0.5, 0.6) is 0 Å². The maximum atomic E-state index is 14.7. The average Bonchev–Trinajstić information content (AvgIpc) is 3.37. The van der Waals surface area contributed by atoms with Crippen molar-refractivity contribution in [2.45, 2.75) is 45.4 Å². The van der Waals surface area contributed by atoms with Crippen molar-refractivity contribution in [3.8, 4) is 22.4 Å². The largest absolute Gasteiger partial charge is 0.444 e. The third kappa shape index (κ3) is 6.55. The lowest BCUT2D eigenvalue weighted by molar-refractivity contribution is 0.00411. The van der Waals surface area contributed by atoms with Gasteiger partial charge in [0.1, 0.15) is 17.0 Å². The van der Waals surface area contributed by atoms with Crippen LogP contribution in [0.15, 0.2) is 91.0 Å². The van der Waals surface area contributed by atoms with E-state index in [2.05, 4.69) is 0 Å². The van der Waals surface area contributed by atoms with Crippen LogP contribution in [0.2, 0.25) is 0 Å². The second-order valence-electron chi connectivity index (χ2n) is 11.5. The second-order valence-corrected chi connectivity index (χ2v) is 11.5. The quantitative estimate of drug-likeness (QED) is 0.319. The molecule has 1 atom stereocenters. The Bertz CT molecular complexity index is 1500. The fraction of sp³-hybridized carbons (Fsp3) is 0.324. The maximum absolute atomic E-state index is 14.7. The van der Waals surface area contributed by atoms with Crippen LogP contribution < -0.4 is 0 Å². The van der Waals surface area contributed by atoms with E-state index in [1.165, 1.54) is 0 Å². The van der Waals surface area contributed by atoms with Gasteiger partial charge >= 0.3 is 6.09 Å². The van der Waals surface area contributed by atoms with E-state index in [1.54, 1.807) is 9.58 Å². The van der Waals surface area contributed by atoms with E-state index in [0.29, 0.717) is 37.4 Å². The molecule has 1 N–H and O–H groups in total. The van der Waals surface area contributed by atoms with Crippen molar-refractivity contribution in [1.29, 1.82) is 0 Å². The molecule has 5 rings (SSSR count). The molecule has 2 amide bonds. The van der Waals surface area contributed by atoms with E-state index in [0.717, 1.165) is 22.3 Å². The first-order chi connectivity index (χ1) is 20.2. The predicted octanol–water partition coefficient (Wildman–Crippen LogP) is 5.51. The lowest BCUT2D eigenvalue weighted by Gasteiger charge is -2.42. The van der Waals surface area contributed by atoms with Crippen molar-refractivity contribution in [3.63, 3.8) is 0 Å². The number of benzene rings is 3. The molecule has 4 aromatic rings. The minimum absolute atomic E-state index is 0.162. The number of rotatable bonds is 7. The SMILES string of the molecule is CC(C)(C)OC(=O)N1CCN(C(=O)c2c(-c3ccccc3)c(-c3ccccc3)nn2CCO)[C@H](Cc2ccccc2)C1. The highest BCUT2D eigenvalue weighted by molar-refractivity contribution is 6.03. The number of aliphatic hydroxyl groups excluding tert-OH is 1. The molecule has 0 saturated carbocycles. The highest BCUT2D eigenvalue weighted by atomic mass is 16.6. The van der Waals surface area contributed by atoms with Gasteiger partial charge in [-0.3, -0.25) is 9.48 Å². The lowest BCUT2D eigenvalue weighted by Crippen LogP contribution is -2.58. The Morgan fingerprint density at radius 1 is 0.881 bits per heavy atom. The van der Waals surface area contributed by atoms with E-state index < -0.39 is 5.60 Å². The Morgan fingerprint density at radius 2 is 1.48 bits per heavy atom. The van der Waals surface area contributed by atoms with Crippen molar-refractivity contribution >= 4 is 12.0 Å². The number of hydrogen-bond acceptors (Lipinski definition) is 5. The van der Waals surface area contributed by atoms with Gasteiger partial charge in [0.25, 0.3) is 5.91 Å². The normalized spacial score (nSPS) is 15.5. The number of carbonyl (C=O) groups excluding carboxylic acids is 2. The second kappa shape index (κ2) is 12.6. The summed E-state index contributed by atoms with van der Waals surface area (Å²) in [6, 6.07) is 29.3. The maximum Gasteiger partial charge on any atom is 0.410 e. The molecule has 0 spiro atoms. The van der Waals surface area contributed by atoms with Crippen LogP contribution in [0.1, 0.15) is 36.8 Å². The Morgan fingerprint density at radius 3 is 2.07 bits per heavy atom. The van der Waals surface area contributed by atoms with Gasteiger partial charge in [0.15, 0.2) is 0 Å². The fourth-order valence-corrected chi connectivity index (χ4v) is 5.42. The highest BCUT2D eigenvalue weighted by Crippen LogP contribution is 2.36. The van der Waals surface area contributed by atoms with Gasteiger partial charge in [-0.1, -0.05) is 91.0 Å². The molecule has 1 aliphatic rings. The molecule has 0 bridgehead atoms. The molecule has 42 heavy (non-hydrogen) atoms. The molecule has 8 heteroatoms. The molecule has 1 aromatic heterocycles. The first-order valence-corrected chi connectivity index (χ1v) is 14.4. The molecule has 0 radical (unpaired) electrons. The van der Waals surface area contributed by atoms with Crippen LogP contribution in [-0.4, -0.2) is 74.6 Å². The minimum atomic E-state index is -0.617. The van der Waals surface area contributed by atoms with Crippen LogP contribution in [0.25, 0.3) is 22.4 Å². The van der Waals surface area contributed by atoms with Gasteiger partial charge in [0, 0.05) is 30.8 Å². The average molecular weight is 567 g/mol. The highest BCUT2D eigenvalue weighted by Gasteiger charge is 2.37. The Labute approximate surface area is 247 Å². The first-order valence-electron chi connectivity index (χ1n) is 14.4. The number of aromatic nitrogens is 2. The zero-order chi connectivity index (χ0) is 29.7. The topological polar surface area (TPSA) is 87.9 Å². The summed E-state index contributed by atoms with van der Waals surface area (Å²) >= 11 is 0. The van der Waals surface area contributed by atoms with Gasteiger partial charge in [-0.2, -0.15) is 5.10 Å². The third-order valence-electron chi connectivity index (χ3n) is 7.29. The third-order valence-corrected chi connectivity index (χ3v) is 7.29. The van der Waals surface area contributed by atoms with Gasteiger partial charge in [0.2, 0.25) is 0 Å². The van der Waals surface area contributed by atoms with Crippen LogP contribution in [0.3, 0.4) is 0 Å². The van der Waals surface area contributed by atoms with E-state index in [9.17, 15) is 14.7 Å². The van der Waals surface area contributed by atoms with Crippen molar-refractivity contribution in [1.82, 2.24) is 19.6 Å². The molecule has 2 heterocycles. The number of nitrogens with zero attached hydrogens (tertiary/aromatic N) is 4. The monoisotopic (exact) mass is 566 g/mol. The molecule has 3 aromatic carbocycles. The summed E-state index contributed by atoms with van der Waals surface area (Å²) in [6.07, 6.45) is 0.195. The summed E-state index contributed by atoms with van der Waals surface area (Å²) in [5, 5.41) is 14.8. The summed E-state index contributed by atoms with van der Waals surface area (Å²) in [5.41, 5.74) is 4.06. The Kier molecular flexibility index (Phi) is 8.73. The van der Waals surface area contributed by atoms with E-state index in [4.69, 9.17) is 9.84 Å². The van der Waals surface area contributed by atoms with E-state index in [1.807, 2.05) is 117 Å². The summed E-state index contributed by atoms with van der Waals surface area (Å²) in [6.45, 7) is 6.61. The lowest BCUT2D eigenvalue weighted by atomic mass is 9.97. The molecule has 1 saturated heterocycles. The van der Waals surface area contributed by atoms with Gasteiger partial charge in [-0.15, -0.1) is 0 Å². The molecule has 1 fully saturated rings. The van der Waals surface area contributed by atoms with Crippen molar-refractivity contribution in [3.05, 3.63) is 102 Å². The Hall–Kier alpha value is -4.43. The Balaban J connectivity index is 1.58. The summed E-state index contributed by atoms with van der Waals surface area (Å²) in [5.74, 6) is -0.179. The van der Waals surface area contributed by atoms with Crippen molar-refractivity contribution < 1.29 is 19.4 Å². The number of carbonyl (C=O) groups is 2. The van der Waals surface area contributed by atoms with Gasteiger partial charge in [-0.25, -0.2) is 4.79 Å². The first kappa shape index (κ1) is 29.1. The zero-order valence-corrected chi connectivity index (χ0v) is 24.4. The predicted molar refractivity (Wildman–Crippen MR) is 163 cm³/mol. The molecule has 8 nitrogen and oxygen atoms in total. The number of piperazine rings is 1. The standard InChI is InChI=1S/C34H38N4O4/c1-34(2,3)42-33(41)36-19-20-37(28(24-36)23-25-13-7-4-8-14-25)32(40)31-29(26-15-9-5-10-16-26)30(35-38(31)21-22-39)27-17-11-6-12-18-27/h4-18,28,39H,19-24H2,1-3H3/t28-/m1/s1. The van der Waals surface area contributed by atoms with E-state index in [-0.39, 0.29) is 31.2 Å². The number of ether oxygens (including phenoxy) is 1. The summed E-state index contributed by atoms with van der Waals surface area (Å²) in [7, 11) is 0. The van der Waals surface area contributed by atoms with Crippen LogP contribution in [-0.2, 0) is 17.7 Å². The minimum Gasteiger partial charge on any atom is -0.444 e. The number of hydrogen-bond donors (Lipinski definition) is 1. The number of amides is 2. The molecular weight excluding hydrogens is 528 g/mol. The summed E-state index contributed by atoms with van der Waals surface area (Å²) < 4.78 is 7.31. The van der Waals surface area contributed by atoms with Gasteiger partial charge in [-0.05, 0) is 38.3 Å². The van der Waals surface area contributed by atoms with Crippen molar-refractivity contribution in [2.24, 2.45) is 0 Å². The van der Waals surface area contributed by atoms with E-state index >= 15 is 0 Å². The van der Waals surface area contributed by atoms with Crippen molar-refractivity contribution in [2.75, 3.05) is 26.2 Å². The van der Waals surface area contributed by atoms with Crippen LogP contribution >= 0.6 is 0 Å². The molecule has 218 valence electrons. The van der Waals surface area contributed by atoms with Crippen LogP contribution in [0.4, 0.5) is 4.79 Å².